The van der Waals surface area contributed by atoms with Crippen LogP contribution in [0.2, 0.25) is 5.02 Å². The monoisotopic (exact) mass is 409 g/mol. The van der Waals surface area contributed by atoms with Gasteiger partial charge in [0.1, 0.15) is 5.69 Å². The Hall–Kier alpha value is -3.45. The minimum atomic E-state index is -0.395. The first-order valence-corrected chi connectivity index (χ1v) is 9.30. The Labute approximate surface area is 171 Å². The molecule has 0 amide bonds. The fourth-order valence-corrected chi connectivity index (χ4v) is 2.76. The van der Waals surface area contributed by atoms with Crippen molar-refractivity contribution >= 4 is 17.6 Å². The van der Waals surface area contributed by atoms with Gasteiger partial charge >= 0.3 is 5.97 Å². The zero-order valence-electron chi connectivity index (χ0n) is 15.2. The first kappa shape index (κ1) is 18.9. The van der Waals surface area contributed by atoms with Crippen LogP contribution in [0.5, 0.6) is 0 Å². The van der Waals surface area contributed by atoms with Crippen LogP contribution in [0.1, 0.15) is 18.1 Å². The molecule has 0 fully saturated rings. The average molecular weight is 410 g/mol. The molecule has 8 heteroatoms. The topological polar surface area (TPSA) is 91.2 Å². The number of hydrogen-bond donors (Lipinski definition) is 0. The summed E-state index contributed by atoms with van der Waals surface area (Å²) in [7, 11) is 0. The van der Waals surface area contributed by atoms with Gasteiger partial charge in [-0.25, -0.2) is 0 Å². The number of rotatable bonds is 7. The zero-order valence-corrected chi connectivity index (χ0v) is 16.0. The predicted molar refractivity (Wildman–Crippen MR) is 105 cm³/mol. The van der Waals surface area contributed by atoms with Crippen molar-refractivity contribution in [2.24, 2.45) is 0 Å². The zero-order chi connectivity index (χ0) is 20.1. The summed E-state index contributed by atoms with van der Waals surface area (Å²) < 4.78 is 15.6. The van der Waals surface area contributed by atoms with E-state index in [0.717, 1.165) is 11.1 Å². The second kappa shape index (κ2) is 8.70. The van der Waals surface area contributed by atoms with Crippen LogP contribution in [0.15, 0.2) is 69.7 Å². The van der Waals surface area contributed by atoms with E-state index in [0.29, 0.717) is 34.6 Å². The lowest BCUT2D eigenvalue weighted by molar-refractivity contribution is -0.145. The minimum absolute atomic E-state index is 0.00147. The van der Waals surface area contributed by atoms with E-state index in [1.807, 2.05) is 42.5 Å². The Kier molecular flexibility index (Phi) is 5.67. The molecule has 4 rings (SSSR count). The number of halogens is 1. The Morgan fingerprint density at radius 1 is 0.966 bits per heavy atom. The molecule has 7 nitrogen and oxygen atoms in total. The summed E-state index contributed by atoms with van der Waals surface area (Å²) in [6.45, 7) is -0.00147. The van der Waals surface area contributed by atoms with E-state index in [4.69, 9.17) is 25.4 Å². The van der Waals surface area contributed by atoms with Crippen LogP contribution < -0.4 is 0 Å². The maximum absolute atomic E-state index is 12.0. The van der Waals surface area contributed by atoms with Crippen molar-refractivity contribution in [1.29, 1.82) is 0 Å². The summed E-state index contributed by atoms with van der Waals surface area (Å²) >= 11 is 5.88. The molecule has 0 bridgehead atoms. The third kappa shape index (κ3) is 4.89. The highest BCUT2D eigenvalue weighted by molar-refractivity contribution is 6.30. The van der Waals surface area contributed by atoms with E-state index < -0.39 is 5.97 Å². The summed E-state index contributed by atoms with van der Waals surface area (Å²) in [6, 6.07) is 18.4. The molecule has 0 N–H and O–H groups in total. The van der Waals surface area contributed by atoms with Gasteiger partial charge in [-0.3, -0.25) is 4.79 Å². The highest BCUT2D eigenvalue weighted by Crippen LogP contribution is 2.21. The van der Waals surface area contributed by atoms with Gasteiger partial charge in [-0.1, -0.05) is 64.4 Å². The molecule has 0 aliphatic rings. The van der Waals surface area contributed by atoms with E-state index in [9.17, 15) is 4.79 Å². The Balaban J connectivity index is 1.27. The fourth-order valence-electron chi connectivity index (χ4n) is 2.63. The highest BCUT2D eigenvalue weighted by Gasteiger charge is 2.13. The van der Waals surface area contributed by atoms with Gasteiger partial charge in [-0.05, 0) is 12.1 Å². The van der Waals surface area contributed by atoms with Crippen LogP contribution in [0, 0.1) is 0 Å². The van der Waals surface area contributed by atoms with E-state index >= 15 is 0 Å². The minimum Gasteiger partial charge on any atom is -0.457 e. The van der Waals surface area contributed by atoms with Crippen LogP contribution >= 0.6 is 11.6 Å². The van der Waals surface area contributed by atoms with E-state index in [1.165, 1.54) is 0 Å². The highest BCUT2D eigenvalue weighted by atomic mass is 35.5. The number of carbonyl (C=O) groups is 1. The van der Waals surface area contributed by atoms with Crippen molar-refractivity contribution in [3.63, 3.8) is 0 Å². The fraction of sp³-hybridized carbons (Fsp3) is 0.143. The van der Waals surface area contributed by atoms with Gasteiger partial charge in [0.05, 0.1) is 6.42 Å². The summed E-state index contributed by atoms with van der Waals surface area (Å²) in [5, 5.41) is 8.54. The summed E-state index contributed by atoms with van der Waals surface area (Å²) in [6.07, 6.45) is 0.416. The predicted octanol–water partition coefficient (Wildman–Crippen LogP) is 4.72. The number of hydrogen-bond acceptors (Lipinski definition) is 7. The van der Waals surface area contributed by atoms with Crippen molar-refractivity contribution in [2.75, 3.05) is 0 Å². The van der Waals surface area contributed by atoms with Crippen molar-refractivity contribution in [3.05, 3.63) is 77.3 Å². The van der Waals surface area contributed by atoms with Crippen molar-refractivity contribution in [2.45, 2.75) is 19.4 Å². The summed E-state index contributed by atoms with van der Waals surface area (Å²) in [5.74, 6) is 0.928. The molecule has 0 atom stereocenters. The van der Waals surface area contributed by atoms with Crippen LogP contribution in [-0.4, -0.2) is 21.3 Å². The quantitative estimate of drug-likeness (QED) is 0.408. The molecular weight excluding hydrogens is 394 g/mol. The molecule has 2 aromatic carbocycles. The first-order valence-electron chi connectivity index (χ1n) is 8.92. The largest absolute Gasteiger partial charge is 0.457 e. The normalized spacial score (nSPS) is 10.8. The third-order valence-electron chi connectivity index (χ3n) is 4.12. The maximum atomic E-state index is 12.0. The van der Waals surface area contributed by atoms with E-state index in [-0.39, 0.29) is 13.0 Å². The van der Waals surface area contributed by atoms with Gasteiger partial charge < -0.3 is 13.8 Å². The Morgan fingerprint density at radius 3 is 2.55 bits per heavy atom. The number of esters is 1. The Bertz CT molecular complexity index is 1090. The van der Waals surface area contributed by atoms with Crippen molar-refractivity contribution in [1.82, 2.24) is 15.3 Å². The van der Waals surface area contributed by atoms with E-state index in [1.54, 1.807) is 18.2 Å². The smallest absolute Gasteiger partial charge is 0.306 e. The molecular formula is C21H16ClN3O4. The molecule has 0 radical (unpaired) electrons. The van der Waals surface area contributed by atoms with Crippen LogP contribution in [0.4, 0.5) is 0 Å². The molecule has 0 aliphatic heterocycles. The van der Waals surface area contributed by atoms with Gasteiger partial charge in [0.15, 0.2) is 12.4 Å². The molecule has 29 heavy (non-hydrogen) atoms. The first-order chi connectivity index (χ1) is 14.2. The summed E-state index contributed by atoms with van der Waals surface area (Å²) in [5.41, 5.74) is 2.36. The number of nitrogens with zero attached hydrogens (tertiary/aromatic N) is 3. The van der Waals surface area contributed by atoms with E-state index in [2.05, 4.69) is 15.3 Å². The number of carbonyl (C=O) groups excluding carboxylic acids is 1. The molecule has 0 saturated carbocycles. The number of benzene rings is 2. The molecule has 2 aromatic heterocycles. The molecule has 4 aromatic rings. The SMILES string of the molecule is O=C(CCc1nc(-c2ccccc2)no1)OCc1cc(-c2ccc(Cl)cc2)no1. The van der Waals surface area contributed by atoms with Crippen molar-refractivity contribution < 1.29 is 18.6 Å². The molecule has 0 aliphatic carbocycles. The number of aryl methyl sites for hydroxylation is 1. The molecule has 0 saturated heterocycles. The number of aromatic nitrogens is 3. The van der Waals surface area contributed by atoms with Crippen molar-refractivity contribution in [3.8, 4) is 22.6 Å². The Morgan fingerprint density at radius 2 is 1.76 bits per heavy atom. The van der Waals surface area contributed by atoms with Gasteiger partial charge in [-0.15, -0.1) is 0 Å². The lowest BCUT2D eigenvalue weighted by atomic mass is 10.1. The number of ether oxygens (including phenoxy) is 1. The second-order valence-corrected chi connectivity index (χ2v) is 6.66. The maximum Gasteiger partial charge on any atom is 0.306 e. The van der Waals surface area contributed by atoms with Gasteiger partial charge in [0, 0.05) is 28.6 Å². The second-order valence-electron chi connectivity index (χ2n) is 6.22. The molecule has 0 spiro atoms. The van der Waals surface area contributed by atoms with Gasteiger partial charge in [0.2, 0.25) is 11.7 Å². The van der Waals surface area contributed by atoms with Gasteiger partial charge in [0.25, 0.3) is 0 Å². The van der Waals surface area contributed by atoms with Crippen LogP contribution in [0.3, 0.4) is 0 Å². The lowest BCUT2D eigenvalue weighted by Gasteiger charge is -2.00. The molecule has 0 unspecified atom stereocenters. The van der Waals surface area contributed by atoms with Crippen LogP contribution in [-0.2, 0) is 22.6 Å². The third-order valence-corrected chi connectivity index (χ3v) is 4.37. The molecule has 146 valence electrons. The van der Waals surface area contributed by atoms with Crippen LogP contribution in [0.25, 0.3) is 22.6 Å². The molecule has 2 heterocycles. The standard InChI is InChI=1S/C21H16ClN3O4/c22-16-8-6-14(7-9-16)18-12-17(28-24-18)13-27-20(26)11-10-19-23-21(25-29-19)15-4-2-1-3-5-15/h1-9,12H,10-11,13H2. The average Bonchev–Trinajstić information content (AvgIpc) is 3.42. The van der Waals surface area contributed by atoms with Gasteiger partial charge in [-0.2, -0.15) is 4.98 Å². The lowest BCUT2D eigenvalue weighted by Crippen LogP contribution is -2.05. The summed E-state index contributed by atoms with van der Waals surface area (Å²) in [4.78, 5) is 16.3.